The average Bonchev–Trinajstić information content (AvgIpc) is 2.80. The smallest absolute Gasteiger partial charge is 0.326 e. The van der Waals surface area contributed by atoms with Crippen molar-refractivity contribution in [1.29, 1.82) is 0 Å². The Hall–Kier alpha value is -2.15. The van der Waals surface area contributed by atoms with Crippen LogP contribution in [-0.2, 0) is 4.79 Å². The monoisotopic (exact) mass is 282 g/mol. The molecule has 1 aliphatic rings. The minimum Gasteiger partial charge on any atom is -0.480 e. The molecule has 1 aliphatic heterocycles. The Morgan fingerprint density at radius 3 is 2.50 bits per heavy atom. The van der Waals surface area contributed by atoms with Crippen molar-refractivity contribution in [3.8, 4) is 0 Å². The number of benzene rings is 1. The molecule has 0 spiro atoms. The van der Waals surface area contributed by atoms with Crippen LogP contribution in [0.4, 0.5) is 14.9 Å². The van der Waals surface area contributed by atoms with Gasteiger partial charge in [0.25, 0.3) is 0 Å². The zero-order chi connectivity index (χ0) is 14.9. The van der Waals surface area contributed by atoms with Gasteiger partial charge in [0.15, 0.2) is 0 Å². The number of rotatable bonds is 2. The molecule has 0 unspecified atom stereocenters. The summed E-state index contributed by atoms with van der Waals surface area (Å²) < 4.78 is 12.8. The van der Waals surface area contributed by atoms with E-state index in [0.29, 0.717) is 5.69 Å². The van der Waals surface area contributed by atoms with Crippen molar-refractivity contribution < 1.29 is 24.2 Å². The number of β-amino-alcohol motifs (C(OH)–C–C–N with tert-alkyl or cyclic N) is 1. The molecule has 1 saturated heterocycles. The molecule has 2 N–H and O–H groups in total. The van der Waals surface area contributed by atoms with Crippen molar-refractivity contribution in [1.82, 2.24) is 4.90 Å². The number of likely N-dealkylation sites (tertiary alicyclic amines) is 1. The Labute approximate surface area is 115 Å². The third-order valence-electron chi connectivity index (χ3n) is 3.31. The van der Waals surface area contributed by atoms with Crippen molar-refractivity contribution in [2.45, 2.75) is 18.6 Å². The van der Waals surface area contributed by atoms with Gasteiger partial charge in [-0.1, -0.05) is 0 Å². The van der Waals surface area contributed by atoms with Crippen LogP contribution in [-0.4, -0.2) is 52.9 Å². The first-order valence-corrected chi connectivity index (χ1v) is 6.11. The highest BCUT2D eigenvalue weighted by atomic mass is 19.1. The summed E-state index contributed by atoms with van der Waals surface area (Å²) >= 11 is 0. The number of hydrogen-bond acceptors (Lipinski definition) is 3. The maximum atomic E-state index is 12.8. The second-order valence-corrected chi connectivity index (χ2v) is 4.71. The third-order valence-corrected chi connectivity index (χ3v) is 3.31. The van der Waals surface area contributed by atoms with E-state index in [1.165, 1.54) is 36.2 Å². The Balaban J connectivity index is 2.17. The molecule has 2 amide bonds. The lowest BCUT2D eigenvalue weighted by Crippen LogP contribution is -2.47. The number of urea groups is 1. The summed E-state index contributed by atoms with van der Waals surface area (Å²) in [5.74, 6) is -1.57. The second kappa shape index (κ2) is 5.46. The first kappa shape index (κ1) is 14.3. The SMILES string of the molecule is CN(C(=O)N1C[C@H](O)C[C@@H]1C(=O)O)c1ccc(F)cc1. The molecule has 0 bridgehead atoms. The van der Waals surface area contributed by atoms with Crippen LogP contribution in [0, 0.1) is 5.82 Å². The van der Waals surface area contributed by atoms with Crippen molar-refractivity contribution in [2.75, 3.05) is 18.5 Å². The van der Waals surface area contributed by atoms with E-state index in [4.69, 9.17) is 5.11 Å². The fraction of sp³-hybridized carbons (Fsp3) is 0.385. The van der Waals surface area contributed by atoms with Crippen molar-refractivity contribution in [3.05, 3.63) is 30.1 Å². The summed E-state index contributed by atoms with van der Waals surface area (Å²) in [5, 5.41) is 18.6. The van der Waals surface area contributed by atoms with Gasteiger partial charge in [0.2, 0.25) is 0 Å². The molecule has 6 nitrogen and oxygen atoms in total. The molecular weight excluding hydrogens is 267 g/mol. The number of aliphatic carboxylic acids is 1. The number of hydrogen-bond donors (Lipinski definition) is 2. The Bertz CT molecular complexity index is 520. The number of carbonyl (C=O) groups is 2. The molecule has 0 aromatic heterocycles. The molecule has 2 atom stereocenters. The summed E-state index contributed by atoms with van der Waals surface area (Å²) in [4.78, 5) is 25.7. The lowest BCUT2D eigenvalue weighted by atomic mass is 10.2. The Morgan fingerprint density at radius 1 is 1.35 bits per heavy atom. The van der Waals surface area contributed by atoms with Crippen LogP contribution in [0.2, 0.25) is 0 Å². The van der Waals surface area contributed by atoms with E-state index in [1.807, 2.05) is 0 Å². The molecule has 1 fully saturated rings. The molecule has 1 aromatic rings. The van der Waals surface area contributed by atoms with Crippen LogP contribution >= 0.6 is 0 Å². The standard InChI is InChI=1S/C13H15FN2O4/c1-15(9-4-2-8(14)3-5-9)13(20)16-7-10(17)6-11(16)12(18)19/h2-5,10-11,17H,6-7H2,1H3,(H,18,19)/t10-,11-/m1/s1. The summed E-state index contributed by atoms with van der Waals surface area (Å²) in [6.07, 6.45) is -0.833. The van der Waals surface area contributed by atoms with Gasteiger partial charge in [-0.05, 0) is 24.3 Å². The van der Waals surface area contributed by atoms with Gasteiger partial charge in [-0.2, -0.15) is 0 Å². The van der Waals surface area contributed by atoms with Crippen molar-refractivity contribution in [3.63, 3.8) is 0 Å². The molecule has 20 heavy (non-hydrogen) atoms. The lowest BCUT2D eigenvalue weighted by Gasteiger charge is -2.27. The molecule has 0 saturated carbocycles. The molecular formula is C13H15FN2O4. The van der Waals surface area contributed by atoms with Gasteiger partial charge < -0.3 is 15.1 Å². The van der Waals surface area contributed by atoms with Crippen LogP contribution in [0.1, 0.15) is 6.42 Å². The van der Waals surface area contributed by atoms with Gasteiger partial charge in [0, 0.05) is 25.7 Å². The Morgan fingerprint density at radius 2 is 1.95 bits per heavy atom. The number of carbonyl (C=O) groups excluding carboxylic acids is 1. The summed E-state index contributed by atoms with van der Waals surface area (Å²) in [6.45, 7) is -0.0265. The fourth-order valence-corrected chi connectivity index (χ4v) is 2.23. The quantitative estimate of drug-likeness (QED) is 0.844. The van der Waals surface area contributed by atoms with Crippen LogP contribution in [0.3, 0.4) is 0 Å². The van der Waals surface area contributed by atoms with Gasteiger partial charge in [-0.25, -0.2) is 14.0 Å². The van der Waals surface area contributed by atoms with E-state index in [0.717, 1.165) is 4.90 Å². The van der Waals surface area contributed by atoms with E-state index >= 15 is 0 Å². The third kappa shape index (κ3) is 2.72. The van der Waals surface area contributed by atoms with E-state index in [2.05, 4.69) is 0 Å². The van der Waals surface area contributed by atoms with E-state index in [9.17, 15) is 19.1 Å². The molecule has 108 valence electrons. The summed E-state index contributed by atoms with van der Waals surface area (Å²) in [7, 11) is 1.47. The van der Waals surface area contributed by atoms with Gasteiger partial charge in [0.1, 0.15) is 11.9 Å². The predicted octanol–water partition coefficient (Wildman–Crippen LogP) is 0.902. The van der Waals surface area contributed by atoms with Crippen LogP contribution < -0.4 is 4.90 Å². The molecule has 1 heterocycles. The number of halogens is 1. The topological polar surface area (TPSA) is 81.1 Å². The molecule has 0 aliphatic carbocycles. The normalized spacial score (nSPS) is 21.9. The summed E-state index contributed by atoms with van der Waals surface area (Å²) in [6, 6.07) is 3.70. The van der Waals surface area contributed by atoms with Crippen molar-refractivity contribution in [2.24, 2.45) is 0 Å². The number of nitrogens with zero attached hydrogens (tertiary/aromatic N) is 2. The minimum absolute atomic E-state index is 0.0122. The molecule has 7 heteroatoms. The zero-order valence-corrected chi connectivity index (χ0v) is 10.9. The molecule has 0 radical (unpaired) electrons. The first-order valence-electron chi connectivity index (χ1n) is 6.11. The first-order chi connectivity index (χ1) is 9.40. The van der Waals surface area contributed by atoms with Crippen LogP contribution in [0.25, 0.3) is 0 Å². The molecule has 1 aromatic carbocycles. The highest BCUT2D eigenvalue weighted by molar-refractivity contribution is 5.94. The maximum Gasteiger partial charge on any atom is 0.326 e. The lowest BCUT2D eigenvalue weighted by molar-refractivity contribution is -0.141. The largest absolute Gasteiger partial charge is 0.480 e. The highest BCUT2D eigenvalue weighted by Gasteiger charge is 2.40. The van der Waals surface area contributed by atoms with Gasteiger partial charge in [0.05, 0.1) is 6.10 Å². The Kier molecular flexibility index (Phi) is 3.89. The van der Waals surface area contributed by atoms with Gasteiger partial charge in [-0.3, -0.25) is 4.90 Å². The number of aliphatic hydroxyl groups is 1. The van der Waals surface area contributed by atoms with E-state index in [-0.39, 0.29) is 13.0 Å². The summed E-state index contributed by atoms with van der Waals surface area (Å²) in [5.41, 5.74) is 0.446. The van der Waals surface area contributed by atoms with Gasteiger partial charge >= 0.3 is 12.0 Å². The number of amides is 2. The minimum atomic E-state index is -1.15. The number of aliphatic hydroxyl groups excluding tert-OH is 1. The maximum absolute atomic E-state index is 12.8. The zero-order valence-electron chi connectivity index (χ0n) is 10.9. The van der Waals surface area contributed by atoms with Crippen molar-refractivity contribution >= 4 is 17.7 Å². The highest BCUT2D eigenvalue weighted by Crippen LogP contribution is 2.22. The number of anilines is 1. The van der Waals surface area contributed by atoms with Gasteiger partial charge in [-0.15, -0.1) is 0 Å². The van der Waals surface area contributed by atoms with E-state index in [1.54, 1.807) is 0 Å². The fourth-order valence-electron chi connectivity index (χ4n) is 2.23. The average molecular weight is 282 g/mol. The van der Waals surface area contributed by atoms with Crippen LogP contribution in [0.15, 0.2) is 24.3 Å². The molecule has 2 rings (SSSR count). The second-order valence-electron chi connectivity index (χ2n) is 4.71. The predicted molar refractivity (Wildman–Crippen MR) is 69.0 cm³/mol. The number of carboxylic acid groups (broad SMARTS) is 1. The number of carboxylic acids is 1. The van der Waals surface area contributed by atoms with Crippen LogP contribution in [0.5, 0.6) is 0 Å². The van der Waals surface area contributed by atoms with E-state index < -0.39 is 30.0 Å².